The van der Waals surface area contributed by atoms with E-state index in [1.54, 1.807) is 42.9 Å². The van der Waals surface area contributed by atoms with Crippen LogP contribution in [0.2, 0.25) is 0 Å². The monoisotopic (exact) mass is 420 g/mol. The molecule has 2 aromatic carbocycles. The van der Waals surface area contributed by atoms with Crippen molar-refractivity contribution < 1.29 is 8.42 Å². The number of anilines is 1. The van der Waals surface area contributed by atoms with E-state index in [-0.39, 0.29) is 9.49 Å². The van der Waals surface area contributed by atoms with Crippen LogP contribution in [-0.2, 0) is 9.84 Å². The molecule has 1 atom stereocenters. The summed E-state index contributed by atoms with van der Waals surface area (Å²) in [6.45, 7) is 1.91. The molecule has 2 aliphatic rings. The van der Waals surface area contributed by atoms with Gasteiger partial charge in [0.1, 0.15) is 12.0 Å². The topological polar surface area (TPSA) is 112 Å². The highest BCUT2D eigenvalue weighted by Gasteiger charge is 2.42. The van der Waals surface area contributed by atoms with Crippen LogP contribution in [0.3, 0.4) is 0 Å². The minimum Gasteiger partial charge on any atom is -0.342 e. The molecule has 3 heterocycles. The fraction of sp³-hybridized carbons (Fsp3) is 0.100. The smallest absolute Gasteiger partial charge is 0.287 e. The molecule has 30 heavy (non-hydrogen) atoms. The van der Waals surface area contributed by atoms with Gasteiger partial charge in [-0.15, -0.1) is 0 Å². The Balaban J connectivity index is 1.52. The van der Waals surface area contributed by atoms with Gasteiger partial charge in [-0.1, -0.05) is 4.59 Å². The van der Waals surface area contributed by atoms with E-state index in [9.17, 15) is 8.42 Å². The van der Waals surface area contributed by atoms with Crippen LogP contribution < -0.4 is 9.91 Å². The molecule has 0 fully saturated rings. The Morgan fingerprint density at radius 2 is 1.90 bits per heavy atom. The Hall–Kier alpha value is -3.63. The average molecular weight is 420 g/mol. The maximum atomic E-state index is 11.8. The fourth-order valence-corrected chi connectivity index (χ4v) is 4.10. The van der Waals surface area contributed by atoms with Crippen LogP contribution >= 0.6 is 0 Å². The SMILES string of the molecule is Cc1nc2ccc(NC3=N[N+]4(c5ccc(S(C)(=O)=O)cc5)C=CN=CC4=N3)cc2[nH]1. The van der Waals surface area contributed by atoms with Crippen LogP contribution in [0, 0.1) is 6.92 Å². The lowest BCUT2D eigenvalue weighted by Crippen LogP contribution is -2.44. The highest BCUT2D eigenvalue weighted by Crippen LogP contribution is 2.32. The molecular weight excluding hydrogens is 402 g/mol. The highest BCUT2D eigenvalue weighted by atomic mass is 32.2. The van der Waals surface area contributed by atoms with Gasteiger partial charge in [-0.3, -0.25) is 4.99 Å². The van der Waals surface area contributed by atoms with E-state index in [1.807, 2.05) is 25.1 Å². The second-order valence-corrected chi connectivity index (χ2v) is 9.12. The Morgan fingerprint density at radius 1 is 1.10 bits per heavy atom. The third-order valence-electron chi connectivity index (χ3n) is 4.90. The number of fused-ring (bicyclic) bond motifs is 2. The summed E-state index contributed by atoms with van der Waals surface area (Å²) < 4.78 is 23.5. The van der Waals surface area contributed by atoms with Crippen molar-refractivity contribution in [3.05, 3.63) is 60.7 Å². The standard InChI is InChI=1S/C20H18N7O2S/c1-13-22-17-8-3-14(11-18(17)23-13)24-20-25-19-12-21-9-10-27(19,26-20)15-4-6-16(7-5-15)30(2,28)29/h3-12H,1-2H3,(H,22,23)(H,24,26)/q+1. The summed E-state index contributed by atoms with van der Waals surface area (Å²) in [6, 6.07) is 12.4. The number of aliphatic imine (C=N–C) groups is 2. The van der Waals surface area contributed by atoms with Crippen LogP contribution in [0.5, 0.6) is 0 Å². The van der Waals surface area contributed by atoms with Crippen molar-refractivity contribution in [2.45, 2.75) is 11.8 Å². The summed E-state index contributed by atoms with van der Waals surface area (Å²) in [5, 5.41) is 8.01. The molecule has 2 N–H and O–H groups in total. The Bertz CT molecular complexity index is 1400. The Morgan fingerprint density at radius 3 is 2.67 bits per heavy atom. The first kappa shape index (κ1) is 18.4. The van der Waals surface area contributed by atoms with E-state index in [0.717, 1.165) is 28.2 Å². The quantitative estimate of drug-likeness (QED) is 0.635. The molecule has 0 saturated carbocycles. The molecule has 0 amide bonds. The van der Waals surface area contributed by atoms with Gasteiger partial charge < -0.3 is 10.3 Å². The molecule has 0 bridgehead atoms. The maximum absolute atomic E-state index is 11.8. The van der Waals surface area contributed by atoms with Crippen molar-refractivity contribution in [1.29, 1.82) is 0 Å². The van der Waals surface area contributed by atoms with E-state index in [2.05, 4.69) is 25.3 Å². The van der Waals surface area contributed by atoms with Gasteiger partial charge in [0.05, 0.1) is 22.1 Å². The highest BCUT2D eigenvalue weighted by molar-refractivity contribution is 7.90. The number of H-pyrrole nitrogens is 1. The van der Waals surface area contributed by atoms with Crippen LogP contribution in [0.15, 0.2) is 74.8 Å². The van der Waals surface area contributed by atoms with Gasteiger partial charge in [-0.05, 0) is 42.4 Å². The number of sulfone groups is 1. The van der Waals surface area contributed by atoms with E-state index in [1.165, 1.54) is 6.26 Å². The van der Waals surface area contributed by atoms with Crippen LogP contribution in [0.25, 0.3) is 11.0 Å². The molecule has 2 aliphatic heterocycles. The summed E-state index contributed by atoms with van der Waals surface area (Å²) in [6.07, 6.45) is 6.27. The number of amidine groups is 1. The number of hydrogen-bond donors (Lipinski definition) is 2. The lowest BCUT2D eigenvalue weighted by molar-refractivity contribution is 0.590. The van der Waals surface area contributed by atoms with Crippen molar-refractivity contribution in [2.24, 2.45) is 15.1 Å². The van der Waals surface area contributed by atoms with Gasteiger partial charge in [0, 0.05) is 24.1 Å². The second-order valence-electron chi connectivity index (χ2n) is 7.10. The number of rotatable bonds is 3. The zero-order valence-corrected chi connectivity index (χ0v) is 17.1. The lowest BCUT2D eigenvalue weighted by atomic mass is 10.2. The molecule has 0 saturated heterocycles. The number of imidazole rings is 1. The van der Waals surface area contributed by atoms with Gasteiger partial charge in [0.15, 0.2) is 21.7 Å². The third-order valence-corrected chi connectivity index (χ3v) is 6.02. The second kappa shape index (κ2) is 6.44. The van der Waals surface area contributed by atoms with Crippen LogP contribution in [-0.4, -0.2) is 42.7 Å². The summed E-state index contributed by atoms with van der Waals surface area (Å²) in [5.41, 5.74) is 3.38. The van der Waals surface area contributed by atoms with Crippen molar-refractivity contribution in [3.63, 3.8) is 0 Å². The summed E-state index contributed by atoms with van der Waals surface area (Å²) in [5.74, 6) is 1.87. The largest absolute Gasteiger partial charge is 0.342 e. The molecule has 0 radical (unpaired) electrons. The van der Waals surface area contributed by atoms with E-state index in [4.69, 9.17) is 5.10 Å². The average Bonchev–Trinajstić information content (AvgIpc) is 3.26. The number of aromatic nitrogens is 2. The number of quaternary nitrogens is 1. The summed E-state index contributed by atoms with van der Waals surface area (Å²) in [4.78, 5) is 16.6. The number of nitrogens with zero attached hydrogens (tertiary/aromatic N) is 5. The number of hydrogen-bond acceptors (Lipinski definition) is 7. The molecule has 0 spiro atoms. The molecule has 10 heteroatoms. The summed E-state index contributed by atoms with van der Waals surface area (Å²) >= 11 is 0. The van der Waals surface area contributed by atoms with Crippen molar-refractivity contribution in [2.75, 3.05) is 11.6 Å². The number of nitrogens with one attached hydrogen (secondary N) is 2. The maximum Gasteiger partial charge on any atom is 0.287 e. The van der Waals surface area contributed by atoms with Crippen molar-refractivity contribution in [3.8, 4) is 0 Å². The fourth-order valence-electron chi connectivity index (χ4n) is 3.47. The number of benzene rings is 2. The zero-order chi connectivity index (χ0) is 20.9. The first-order chi connectivity index (χ1) is 14.3. The first-order valence-corrected chi connectivity index (χ1v) is 11.1. The van der Waals surface area contributed by atoms with Gasteiger partial charge in [0.2, 0.25) is 0 Å². The molecule has 1 aromatic heterocycles. The van der Waals surface area contributed by atoms with Gasteiger partial charge in [-0.2, -0.15) is 4.99 Å². The van der Waals surface area contributed by atoms with E-state index < -0.39 is 9.84 Å². The molecule has 1 unspecified atom stereocenters. The molecule has 9 nitrogen and oxygen atoms in total. The Labute approximate surface area is 172 Å². The van der Waals surface area contributed by atoms with Gasteiger partial charge in [0.25, 0.3) is 11.8 Å². The Kier molecular flexibility index (Phi) is 3.95. The van der Waals surface area contributed by atoms with Crippen LogP contribution in [0.1, 0.15) is 5.82 Å². The minimum absolute atomic E-state index is 0.0265. The van der Waals surface area contributed by atoms with Gasteiger partial charge in [-0.25, -0.2) is 13.4 Å². The molecular formula is C20H18N7O2S+. The molecule has 150 valence electrons. The third kappa shape index (κ3) is 3.02. The minimum atomic E-state index is -3.28. The molecule has 5 rings (SSSR count). The van der Waals surface area contributed by atoms with Crippen molar-refractivity contribution >= 4 is 50.3 Å². The number of aromatic amines is 1. The predicted molar refractivity (Wildman–Crippen MR) is 118 cm³/mol. The first-order valence-electron chi connectivity index (χ1n) is 9.17. The van der Waals surface area contributed by atoms with E-state index in [0.29, 0.717) is 11.8 Å². The van der Waals surface area contributed by atoms with E-state index >= 15 is 0 Å². The predicted octanol–water partition coefficient (Wildman–Crippen LogP) is 2.93. The van der Waals surface area contributed by atoms with Crippen molar-refractivity contribution in [1.82, 2.24) is 14.6 Å². The lowest BCUT2D eigenvalue weighted by Gasteiger charge is -2.23. The van der Waals surface area contributed by atoms with Gasteiger partial charge >= 0.3 is 0 Å². The number of guanidine groups is 1. The normalized spacial score (nSPS) is 20.2. The molecule has 3 aromatic rings. The molecule has 0 aliphatic carbocycles. The van der Waals surface area contributed by atoms with Crippen LogP contribution in [0.4, 0.5) is 11.4 Å². The zero-order valence-electron chi connectivity index (χ0n) is 16.2. The number of aryl methyl sites for hydroxylation is 1. The summed E-state index contributed by atoms with van der Waals surface area (Å²) in [7, 11) is -3.28.